The SMILES string of the molecule is CC(C)(C)OC(=O)Nc1nc([C@@H](NC(=O)OCC(NC(=O)OC(C)(C)C)C(=O)OC(c2ccccc2)c2ccccc2)C(=O)O)cs1. The van der Waals surface area contributed by atoms with Crippen LogP contribution in [0.3, 0.4) is 0 Å². The Bertz CT molecular complexity index is 1490. The number of nitrogens with one attached hydrogen (secondary N) is 3. The second kappa shape index (κ2) is 15.9. The molecule has 47 heavy (non-hydrogen) atoms. The number of benzene rings is 2. The number of ether oxygens (including phenoxy) is 4. The lowest BCUT2D eigenvalue weighted by molar-refractivity contribution is -0.151. The van der Waals surface area contributed by atoms with Crippen molar-refractivity contribution >= 4 is 46.7 Å². The van der Waals surface area contributed by atoms with E-state index in [0.29, 0.717) is 11.1 Å². The fraction of sp³-hybridized carbons (Fsp3) is 0.375. The first-order valence-corrected chi connectivity index (χ1v) is 15.3. The van der Waals surface area contributed by atoms with E-state index in [1.165, 1.54) is 5.38 Å². The largest absolute Gasteiger partial charge is 0.479 e. The predicted octanol–water partition coefficient (Wildman–Crippen LogP) is 5.57. The molecule has 3 rings (SSSR count). The minimum atomic E-state index is -1.68. The molecule has 3 amide bonds. The number of thiazole rings is 1. The number of carbonyl (C=O) groups is 5. The Hall–Kier alpha value is -5.18. The Morgan fingerprint density at radius 2 is 1.32 bits per heavy atom. The van der Waals surface area contributed by atoms with Crippen molar-refractivity contribution in [3.63, 3.8) is 0 Å². The molecule has 4 N–H and O–H groups in total. The molecule has 1 unspecified atom stereocenters. The number of nitrogens with zero attached hydrogens (tertiary/aromatic N) is 1. The fourth-order valence-corrected chi connectivity index (χ4v) is 4.57. The molecule has 0 saturated carbocycles. The molecule has 0 saturated heterocycles. The zero-order valence-electron chi connectivity index (χ0n) is 26.8. The maximum Gasteiger partial charge on any atom is 0.413 e. The van der Waals surface area contributed by atoms with Crippen LogP contribution in [-0.2, 0) is 28.5 Å². The van der Waals surface area contributed by atoms with E-state index in [-0.39, 0.29) is 10.8 Å². The number of alkyl carbamates (subject to hydrolysis) is 2. The van der Waals surface area contributed by atoms with E-state index < -0.39 is 66.2 Å². The summed E-state index contributed by atoms with van der Waals surface area (Å²) < 4.78 is 21.4. The highest BCUT2D eigenvalue weighted by Crippen LogP contribution is 2.27. The van der Waals surface area contributed by atoms with Crippen LogP contribution in [0.2, 0.25) is 0 Å². The minimum Gasteiger partial charge on any atom is -0.479 e. The van der Waals surface area contributed by atoms with Gasteiger partial charge < -0.3 is 34.7 Å². The number of hydrogen-bond donors (Lipinski definition) is 4. The molecule has 2 aromatic carbocycles. The normalized spacial score (nSPS) is 12.7. The van der Waals surface area contributed by atoms with Crippen molar-refractivity contribution in [1.29, 1.82) is 0 Å². The van der Waals surface area contributed by atoms with Crippen molar-refractivity contribution in [2.75, 3.05) is 11.9 Å². The highest BCUT2D eigenvalue weighted by atomic mass is 32.1. The van der Waals surface area contributed by atoms with E-state index in [1.54, 1.807) is 102 Å². The zero-order chi connectivity index (χ0) is 34.8. The average molecular weight is 671 g/mol. The lowest BCUT2D eigenvalue weighted by atomic mass is 10.0. The molecule has 0 aliphatic carbocycles. The van der Waals surface area contributed by atoms with Gasteiger partial charge in [0.25, 0.3) is 0 Å². The van der Waals surface area contributed by atoms with Gasteiger partial charge in [-0.2, -0.15) is 0 Å². The molecule has 2 atom stereocenters. The third kappa shape index (κ3) is 12.3. The van der Waals surface area contributed by atoms with Gasteiger partial charge in [0.2, 0.25) is 0 Å². The van der Waals surface area contributed by atoms with Gasteiger partial charge in [-0.25, -0.2) is 29.0 Å². The smallest absolute Gasteiger partial charge is 0.413 e. The highest BCUT2D eigenvalue weighted by Gasteiger charge is 2.32. The van der Waals surface area contributed by atoms with Crippen LogP contribution in [0.5, 0.6) is 0 Å². The Kier molecular flexibility index (Phi) is 12.3. The van der Waals surface area contributed by atoms with Crippen LogP contribution in [-0.4, -0.2) is 64.2 Å². The van der Waals surface area contributed by atoms with Crippen LogP contribution in [0.1, 0.15) is 70.5 Å². The molecule has 0 fully saturated rings. The molecule has 15 heteroatoms. The van der Waals surface area contributed by atoms with Gasteiger partial charge in [0.15, 0.2) is 23.3 Å². The topological polar surface area (TPSA) is 191 Å². The molecule has 0 bridgehead atoms. The van der Waals surface area contributed by atoms with Crippen LogP contribution in [0, 0.1) is 0 Å². The zero-order valence-corrected chi connectivity index (χ0v) is 27.6. The van der Waals surface area contributed by atoms with Crippen molar-refractivity contribution in [3.05, 3.63) is 82.9 Å². The van der Waals surface area contributed by atoms with E-state index in [2.05, 4.69) is 20.9 Å². The monoisotopic (exact) mass is 670 g/mol. The van der Waals surface area contributed by atoms with Crippen molar-refractivity contribution < 1.29 is 48.0 Å². The van der Waals surface area contributed by atoms with Gasteiger partial charge in [0.05, 0.1) is 5.69 Å². The van der Waals surface area contributed by atoms with Gasteiger partial charge in [-0.15, -0.1) is 11.3 Å². The number of carboxylic acids is 1. The summed E-state index contributed by atoms with van der Waals surface area (Å²) in [5, 5.41) is 18.0. The quantitative estimate of drug-likeness (QED) is 0.147. The standard InChI is InChI=1S/C32H38N4O10S/c1-31(2,3)45-29(41)34-21(26(39)44-24(19-13-9-7-10-14-19)20-15-11-8-12-16-20)17-43-28(40)35-23(25(37)38)22-18-47-27(33-22)36-30(42)46-32(4,5)6/h7-16,18,21,23-24H,17H2,1-6H3,(H,34,41)(H,35,40)(H,37,38)(H,33,36,42)/t21?,23-/m1/s1. The summed E-state index contributed by atoms with van der Waals surface area (Å²) in [6.45, 7) is 9.17. The second-order valence-corrected chi connectivity index (χ2v) is 12.9. The summed E-state index contributed by atoms with van der Waals surface area (Å²) >= 11 is 0.911. The van der Waals surface area contributed by atoms with Gasteiger partial charge in [0, 0.05) is 5.38 Å². The molecular formula is C32H38N4O10S. The number of hydrogen-bond acceptors (Lipinski definition) is 11. The molecule has 0 aliphatic rings. The van der Waals surface area contributed by atoms with E-state index in [1.807, 2.05) is 0 Å². The van der Waals surface area contributed by atoms with Crippen molar-refractivity contribution in [2.24, 2.45) is 0 Å². The Morgan fingerprint density at radius 1 is 0.787 bits per heavy atom. The Balaban J connectivity index is 1.74. The first-order chi connectivity index (χ1) is 22.0. The Morgan fingerprint density at radius 3 is 1.83 bits per heavy atom. The summed E-state index contributed by atoms with van der Waals surface area (Å²) in [5.41, 5.74) is -0.495. The molecule has 3 aromatic rings. The molecule has 14 nitrogen and oxygen atoms in total. The van der Waals surface area contributed by atoms with Crippen LogP contribution in [0.4, 0.5) is 19.5 Å². The number of amides is 3. The van der Waals surface area contributed by atoms with Gasteiger partial charge in [-0.05, 0) is 52.7 Å². The molecule has 0 radical (unpaired) electrons. The van der Waals surface area contributed by atoms with Gasteiger partial charge in [-0.1, -0.05) is 60.7 Å². The first-order valence-electron chi connectivity index (χ1n) is 14.4. The summed E-state index contributed by atoms with van der Waals surface area (Å²) in [4.78, 5) is 67.0. The maximum atomic E-state index is 13.5. The van der Waals surface area contributed by atoms with Crippen LogP contribution in [0.15, 0.2) is 66.0 Å². The minimum absolute atomic E-state index is 0.0337. The third-order valence-electron chi connectivity index (χ3n) is 5.73. The van der Waals surface area contributed by atoms with Crippen molar-refractivity contribution in [3.8, 4) is 0 Å². The predicted molar refractivity (Wildman–Crippen MR) is 171 cm³/mol. The molecule has 1 heterocycles. The number of esters is 1. The summed E-state index contributed by atoms with van der Waals surface area (Å²) in [6.07, 6.45) is -3.88. The number of anilines is 1. The van der Waals surface area contributed by atoms with Crippen LogP contribution in [0.25, 0.3) is 0 Å². The number of rotatable bonds is 11. The third-order valence-corrected chi connectivity index (χ3v) is 6.51. The summed E-state index contributed by atoms with van der Waals surface area (Å²) in [7, 11) is 0. The molecular weight excluding hydrogens is 632 g/mol. The van der Waals surface area contributed by atoms with Crippen LogP contribution < -0.4 is 16.0 Å². The molecule has 0 spiro atoms. The highest BCUT2D eigenvalue weighted by molar-refractivity contribution is 7.13. The van der Waals surface area contributed by atoms with Crippen LogP contribution >= 0.6 is 11.3 Å². The summed E-state index contributed by atoms with van der Waals surface area (Å²) in [5.74, 6) is -2.43. The van der Waals surface area contributed by atoms with Crippen molar-refractivity contribution in [1.82, 2.24) is 15.6 Å². The first kappa shape index (κ1) is 36.3. The summed E-state index contributed by atoms with van der Waals surface area (Å²) in [6, 6.07) is 14.6. The van der Waals surface area contributed by atoms with E-state index in [4.69, 9.17) is 18.9 Å². The van der Waals surface area contributed by atoms with Gasteiger partial charge in [-0.3, -0.25) is 5.32 Å². The fourth-order valence-electron chi connectivity index (χ4n) is 3.85. The van der Waals surface area contributed by atoms with Gasteiger partial charge >= 0.3 is 30.2 Å². The molecule has 1 aromatic heterocycles. The number of carboxylic acid groups (broad SMARTS) is 1. The lowest BCUT2D eigenvalue weighted by Gasteiger charge is -2.25. The van der Waals surface area contributed by atoms with Crippen molar-refractivity contribution in [2.45, 2.75) is 70.9 Å². The average Bonchev–Trinajstić information content (AvgIpc) is 3.43. The molecule has 252 valence electrons. The lowest BCUT2D eigenvalue weighted by Crippen LogP contribution is -2.48. The van der Waals surface area contributed by atoms with E-state index >= 15 is 0 Å². The second-order valence-electron chi connectivity index (χ2n) is 12.1. The number of aliphatic carboxylic acids is 1. The van der Waals surface area contributed by atoms with Gasteiger partial charge in [0.1, 0.15) is 17.8 Å². The molecule has 0 aliphatic heterocycles. The Labute approximate surface area is 275 Å². The maximum absolute atomic E-state index is 13.5. The number of carbonyl (C=O) groups excluding carboxylic acids is 4. The van der Waals surface area contributed by atoms with E-state index in [9.17, 15) is 29.1 Å². The van der Waals surface area contributed by atoms with E-state index in [0.717, 1.165) is 11.3 Å². The number of aromatic nitrogens is 1.